The molecule has 2 aromatic heterocycles. The first-order valence-corrected chi connectivity index (χ1v) is 9.94. The van der Waals surface area contributed by atoms with Crippen molar-refractivity contribution in [3.8, 4) is 5.88 Å². The Morgan fingerprint density at radius 1 is 1.13 bits per heavy atom. The summed E-state index contributed by atoms with van der Waals surface area (Å²) >= 11 is 0. The molecule has 0 spiro atoms. The Labute approximate surface area is 182 Å². The minimum absolute atomic E-state index is 0.0236. The normalized spacial score (nSPS) is 11.2. The van der Waals surface area contributed by atoms with Crippen molar-refractivity contribution in [3.05, 3.63) is 84.5 Å². The van der Waals surface area contributed by atoms with Gasteiger partial charge in [-0.2, -0.15) is 0 Å². The van der Waals surface area contributed by atoms with Crippen LogP contribution < -0.4 is 10.1 Å². The number of rotatable bonds is 7. The Balaban J connectivity index is 1.88. The number of hydrogen-bond donors (Lipinski definition) is 1. The van der Waals surface area contributed by atoms with Gasteiger partial charge in [0.2, 0.25) is 5.88 Å². The highest BCUT2D eigenvalue weighted by Gasteiger charge is 2.10. The molecule has 0 fully saturated rings. The van der Waals surface area contributed by atoms with Gasteiger partial charge in [-0.05, 0) is 49.1 Å². The number of carbonyl (C=O) groups is 1. The highest BCUT2D eigenvalue weighted by molar-refractivity contribution is 6.04. The number of amides is 1. The molecule has 1 aromatic carbocycles. The Bertz CT molecular complexity index is 1180. The van der Waals surface area contributed by atoms with Crippen LogP contribution >= 0.6 is 0 Å². The van der Waals surface area contributed by atoms with Crippen LogP contribution in [0, 0.1) is 0 Å². The van der Waals surface area contributed by atoms with E-state index in [9.17, 15) is 4.79 Å². The maximum Gasteiger partial charge on any atom is 0.257 e. The largest absolute Gasteiger partial charge is 0.475 e. The van der Waals surface area contributed by atoms with Crippen LogP contribution in [0.2, 0.25) is 0 Å². The molecular weight excluding hydrogens is 388 g/mol. The Kier molecular flexibility index (Phi) is 6.85. The highest BCUT2D eigenvalue weighted by atomic mass is 16.5. The zero-order chi connectivity index (χ0) is 22.4. The molecule has 1 amide bonds. The van der Waals surface area contributed by atoms with Gasteiger partial charge in [0, 0.05) is 55.3 Å². The fourth-order valence-electron chi connectivity index (χ4n) is 3.02. The summed E-state index contributed by atoms with van der Waals surface area (Å²) in [6.45, 7) is 7.50. The number of aromatic nitrogens is 2. The van der Waals surface area contributed by atoms with Crippen LogP contribution in [0.25, 0.3) is 16.3 Å². The van der Waals surface area contributed by atoms with Crippen molar-refractivity contribution >= 4 is 28.1 Å². The first kappa shape index (κ1) is 21.8. The molecule has 0 aliphatic rings. The van der Waals surface area contributed by atoms with Gasteiger partial charge in [0.25, 0.3) is 5.91 Å². The first-order chi connectivity index (χ1) is 14.9. The molecule has 1 N–H and O–H groups in total. The maximum atomic E-state index is 12.7. The lowest BCUT2D eigenvalue weighted by Gasteiger charge is -2.11. The van der Waals surface area contributed by atoms with Gasteiger partial charge in [0.1, 0.15) is 5.82 Å². The number of benzene rings is 1. The SMILES string of the molecule is C=C=C/C(=C\N(C)C)c1ccc2cnc(NC(=O)c3ccnc(OC(C)C)c3)cc2c1. The van der Waals surface area contributed by atoms with Gasteiger partial charge in [0.05, 0.1) is 6.10 Å². The molecule has 0 bridgehead atoms. The molecule has 0 saturated carbocycles. The lowest BCUT2D eigenvalue weighted by molar-refractivity contribution is 0.102. The summed E-state index contributed by atoms with van der Waals surface area (Å²) in [6.07, 6.45) is 7.12. The molecular formula is C25H26N4O2. The van der Waals surface area contributed by atoms with E-state index in [4.69, 9.17) is 4.74 Å². The molecule has 0 radical (unpaired) electrons. The van der Waals surface area contributed by atoms with E-state index in [0.717, 1.165) is 21.9 Å². The number of nitrogens with one attached hydrogen (secondary N) is 1. The Morgan fingerprint density at radius 2 is 1.94 bits per heavy atom. The van der Waals surface area contributed by atoms with Gasteiger partial charge in [-0.3, -0.25) is 4.79 Å². The molecule has 6 heteroatoms. The predicted octanol–water partition coefficient (Wildman–Crippen LogP) is 4.91. The average molecular weight is 415 g/mol. The smallest absolute Gasteiger partial charge is 0.257 e. The number of allylic oxidation sites excluding steroid dienone is 2. The van der Waals surface area contributed by atoms with Crippen molar-refractivity contribution in [2.45, 2.75) is 20.0 Å². The fraction of sp³-hybridized carbons (Fsp3) is 0.200. The summed E-state index contributed by atoms with van der Waals surface area (Å²) in [5.41, 5.74) is 5.29. The second kappa shape index (κ2) is 9.74. The summed E-state index contributed by atoms with van der Waals surface area (Å²) in [5, 5.41) is 4.79. The lowest BCUT2D eigenvalue weighted by Crippen LogP contribution is -2.14. The van der Waals surface area contributed by atoms with Gasteiger partial charge < -0.3 is 15.0 Å². The first-order valence-electron chi connectivity index (χ1n) is 9.94. The van der Waals surface area contributed by atoms with Crippen LogP contribution in [-0.4, -0.2) is 41.0 Å². The second-order valence-corrected chi connectivity index (χ2v) is 7.53. The van der Waals surface area contributed by atoms with Crippen LogP contribution in [-0.2, 0) is 0 Å². The summed E-state index contributed by atoms with van der Waals surface area (Å²) in [4.78, 5) is 23.2. The number of carbonyl (C=O) groups excluding carboxylic acids is 1. The lowest BCUT2D eigenvalue weighted by atomic mass is 10.0. The zero-order valence-electron chi connectivity index (χ0n) is 18.2. The van der Waals surface area contributed by atoms with Crippen molar-refractivity contribution in [1.82, 2.24) is 14.9 Å². The molecule has 31 heavy (non-hydrogen) atoms. The van der Waals surface area contributed by atoms with Gasteiger partial charge in [-0.1, -0.05) is 18.7 Å². The van der Waals surface area contributed by atoms with Crippen LogP contribution in [0.3, 0.4) is 0 Å². The molecule has 0 atom stereocenters. The number of nitrogens with zero attached hydrogens (tertiary/aromatic N) is 3. The zero-order valence-corrected chi connectivity index (χ0v) is 18.2. The predicted molar refractivity (Wildman–Crippen MR) is 125 cm³/mol. The Morgan fingerprint density at radius 3 is 2.65 bits per heavy atom. The molecule has 6 nitrogen and oxygen atoms in total. The van der Waals surface area contributed by atoms with E-state index in [-0.39, 0.29) is 12.0 Å². The average Bonchev–Trinajstić information content (AvgIpc) is 2.72. The van der Waals surface area contributed by atoms with Gasteiger partial charge >= 0.3 is 0 Å². The van der Waals surface area contributed by atoms with Crippen molar-refractivity contribution in [1.29, 1.82) is 0 Å². The third-order valence-corrected chi connectivity index (χ3v) is 4.30. The van der Waals surface area contributed by atoms with E-state index < -0.39 is 0 Å². The van der Waals surface area contributed by atoms with Crippen LogP contribution in [0.1, 0.15) is 29.8 Å². The number of fused-ring (bicyclic) bond motifs is 1. The van der Waals surface area contributed by atoms with E-state index in [0.29, 0.717) is 17.3 Å². The van der Waals surface area contributed by atoms with E-state index >= 15 is 0 Å². The molecule has 0 saturated heterocycles. The van der Waals surface area contributed by atoms with Crippen molar-refractivity contribution in [2.75, 3.05) is 19.4 Å². The third-order valence-electron chi connectivity index (χ3n) is 4.30. The number of pyridine rings is 2. The van der Waals surface area contributed by atoms with Gasteiger partial charge in [0.15, 0.2) is 0 Å². The molecule has 3 aromatic rings. The number of hydrogen-bond acceptors (Lipinski definition) is 5. The molecule has 158 valence electrons. The number of ether oxygens (including phenoxy) is 1. The second-order valence-electron chi connectivity index (χ2n) is 7.53. The summed E-state index contributed by atoms with van der Waals surface area (Å²) in [6, 6.07) is 11.2. The van der Waals surface area contributed by atoms with Crippen molar-refractivity contribution < 1.29 is 9.53 Å². The van der Waals surface area contributed by atoms with Crippen LogP contribution in [0.15, 0.2) is 73.4 Å². The summed E-state index contributed by atoms with van der Waals surface area (Å²) in [7, 11) is 3.93. The van der Waals surface area contributed by atoms with Crippen LogP contribution in [0.5, 0.6) is 5.88 Å². The fourth-order valence-corrected chi connectivity index (χ4v) is 3.02. The quantitative estimate of drug-likeness (QED) is 0.439. The molecule has 3 rings (SSSR count). The van der Waals surface area contributed by atoms with Gasteiger partial charge in [-0.25, -0.2) is 9.97 Å². The topological polar surface area (TPSA) is 67.4 Å². The summed E-state index contributed by atoms with van der Waals surface area (Å²) in [5.74, 6) is 0.603. The van der Waals surface area contributed by atoms with E-state index in [1.54, 1.807) is 24.5 Å². The third kappa shape index (κ3) is 5.81. The minimum Gasteiger partial charge on any atom is -0.475 e. The summed E-state index contributed by atoms with van der Waals surface area (Å²) < 4.78 is 5.57. The van der Waals surface area contributed by atoms with Crippen molar-refractivity contribution in [2.24, 2.45) is 0 Å². The number of anilines is 1. The van der Waals surface area contributed by atoms with E-state index in [2.05, 4.69) is 33.7 Å². The molecule has 0 aliphatic heterocycles. The van der Waals surface area contributed by atoms with Crippen molar-refractivity contribution in [3.63, 3.8) is 0 Å². The standard InChI is InChI=1S/C25H26N4O2/c1-6-7-21(16-29(4)5)18-8-9-20-15-27-23(13-22(20)12-18)28-25(30)19-10-11-26-24(14-19)31-17(2)3/h7-17H,1H2,2-5H3,(H,27,28,30)/b21-16+. The maximum absolute atomic E-state index is 12.7. The van der Waals surface area contributed by atoms with E-state index in [1.807, 2.05) is 63.3 Å². The molecule has 2 heterocycles. The van der Waals surface area contributed by atoms with Gasteiger partial charge in [-0.15, -0.1) is 5.73 Å². The van der Waals surface area contributed by atoms with E-state index in [1.165, 1.54) is 0 Å². The minimum atomic E-state index is -0.276. The highest BCUT2D eigenvalue weighted by Crippen LogP contribution is 2.24. The monoisotopic (exact) mass is 414 g/mol. The molecule has 0 aliphatic carbocycles. The van der Waals surface area contributed by atoms with Crippen LogP contribution in [0.4, 0.5) is 5.82 Å². The molecule has 0 unspecified atom stereocenters. The Hall–Kier alpha value is -3.89.